The van der Waals surface area contributed by atoms with Gasteiger partial charge in [0.2, 0.25) is 0 Å². The summed E-state index contributed by atoms with van der Waals surface area (Å²) in [5.41, 5.74) is 5.95. The van der Waals surface area contributed by atoms with Gasteiger partial charge in [0.25, 0.3) is 5.91 Å². The molecule has 128 valence electrons. The van der Waals surface area contributed by atoms with Gasteiger partial charge in [-0.2, -0.15) is 0 Å². The van der Waals surface area contributed by atoms with Gasteiger partial charge < -0.3 is 14.4 Å². The highest BCUT2D eigenvalue weighted by Crippen LogP contribution is 2.37. The van der Waals surface area contributed by atoms with Gasteiger partial charge >= 0.3 is 0 Å². The Kier molecular flexibility index (Phi) is 3.43. The van der Waals surface area contributed by atoms with E-state index < -0.39 is 5.79 Å². The number of carbonyl (C=O) groups excluding carboxylic acids is 1. The summed E-state index contributed by atoms with van der Waals surface area (Å²) in [6.45, 7) is 2.71. The quantitative estimate of drug-likeness (QED) is 0.685. The molecule has 4 heteroatoms. The zero-order chi connectivity index (χ0) is 16.9. The molecule has 0 radical (unpaired) electrons. The minimum Gasteiger partial charge on any atom is -0.347 e. The van der Waals surface area contributed by atoms with Gasteiger partial charge in [0, 0.05) is 31.5 Å². The second-order valence-corrected chi connectivity index (χ2v) is 7.11. The fraction of sp³-hybridized carbons (Fsp3) is 0.381. The molecule has 3 aliphatic rings. The Morgan fingerprint density at radius 2 is 1.64 bits per heavy atom. The molecule has 1 spiro atoms. The summed E-state index contributed by atoms with van der Waals surface area (Å²) in [4.78, 5) is 14.9. The van der Waals surface area contributed by atoms with E-state index >= 15 is 0 Å². The van der Waals surface area contributed by atoms with Gasteiger partial charge in [0.15, 0.2) is 5.79 Å². The first-order valence-corrected chi connectivity index (χ1v) is 9.03. The van der Waals surface area contributed by atoms with Crippen molar-refractivity contribution in [3.8, 4) is 11.1 Å². The standard InChI is InChI=1S/C21H21NO3/c23-20(22-9-7-21(8-10-22)24-11-12-25-21)16-5-6-19-17(14-16)13-15-3-1-2-4-18(15)19/h1-6,14H,7-13H2. The summed E-state index contributed by atoms with van der Waals surface area (Å²) in [6, 6.07) is 14.6. The lowest BCUT2D eigenvalue weighted by molar-refractivity contribution is -0.181. The number of piperidine rings is 1. The van der Waals surface area contributed by atoms with Crippen molar-refractivity contribution in [2.75, 3.05) is 26.3 Å². The molecule has 0 atom stereocenters. The van der Waals surface area contributed by atoms with E-state index in [-0.39, 0.29) is 5.91 Å². The highest BCUT2D eigenvalue weighted by atomic mass is 16.7. The van der Waals surface area contributed by atoms with Crippen LogP contribution in [0, 0.1) is 0 Å². The molecule has 5 rings (SSSR count). The summed E-state index contributed by atoms with van der Waals surface area (Å²) in [5, 5.41) is 0. The molecule has 2 fully saturated rings. The van der Waals surface area contributed by atoms with E-state index in [1.165, 1.54) is 22.3 Å². The Morgan fingerprint density at radius 3 is 2.44 bits per heavy atom. The van der Waals surface area contributed by atoms with Crippen molar-refractivity contribution in [2.24, 2.45) is 0 Å². The van der Waals surface area contributed by atoms with Crippen molar-refractivity contribution in [1.82, 2.24) is 4.90 Å². The van der Waals surface area contributed by atoms with E-state index in [2.05, 4.69) is 36.4 Å². The maximum absolute atomic E-state index is 12.9. The number of hydrogen-bond donors (Lipinski definition) is 0. The van der Waals surface area contributed by atoms with Crippen LogP contribution < -0.4 is 0 Å². The van der Waals surface area contributed by atoms with Crippen molar-refractivity contribution in [3.63, 3.8) is 0 Å². The van der Waals surface area contributed by atoms with E-state index in [4.69, 9.17) is 9.47 Å². The van der Waals surface area contributed by atoms with Crippen molar-refractivity contribution in [3.05, 3.63) is 59.2 Å². The average Bonchev–Trinajstić information content (AvgIpc) is 3.25. The third-order valence-corrected chi connectivity index (χ3v) is 5.67. The zero-order valence-corrected chi connectivity index (χ0v) is 14.2. The van der Waals surface area contributed by atoms with Crippen LogP contribution in [0.15, 0.2) is 42.5 Å². The molecule has 0 aromatic heterocycles. The Morgan fingerprint density at radius 1 is 0.920 bits per heavy atom. The molecule has 2 heterocycles. The van der Waals surface area contributed by atoms with Gasteiger partial charge in [-0.25, -0.2) is 0 Å². The first kappa shape index (κ1) is 15.1. The van der Waals surface area contributed by atoms with Crippen LogP contribution in [-0.4, -0.2) is 42.9 Å². The van der Waals surface area contributed by atoms with E-state index in [1.54, 1.807) is 0 Å². The van der Waals surface area contributed by atoms with Crippen LogP contribution in [0.5, 0.6) is 0 Å². The van der Waals surface area contributed by atoms with Crippen LogP contribution in [-0.2, 0) is 15.9 Å². The first-order valence-electron chi connectivity index (χ1n) is 9.03. The molecule has 2 aliphatic heterocycles. The molecule has 1 aliphatic carbocycles. The zero-order valence-electron chi connectivity index (χ0n) is 14.2. The van der Waals surface area contributed by atoms with Gasteiger partial charge in [-0.1, -0.05) is 30.3 Å². The largest absolute Gasteiger partial charge is 0.347 e. The number of benzene rings is 2. The number of amides is 1. The van der Waals surface area contributed by atoms with Gasteiger partial charge in [0.05, 0.1) is 13.2 Å². The Balaban J connectivity index is 1.35. The summed E-state index contributed by atoms with van der Waals surface area (Å²) in [6.07, 6.45) is 2.43. The predicted octanol–water partition coefficient (Wildman–Crippen LogP) is 3.24. The minimum absolute atomic E-state index is 0.117. The van der Waals surface area contributed by atoms with Crippen molar-refractivity contribution < 1.29 is 14.3 Å². The maximum Gasteiger partial charge on any atom is 0.253 e. The third-order valence-electron chi connectivity index (χ3n) is 5.67. The molecule has 4 nitrogen and oxygen atoms in total. The minimum atomic E-state index is -0.434. The highest BCUT2D eigenvalue weighted by Gasteiger charge is 2.40. The fourth-order valence-electron chi connectivity index (χ4n) is 4.30. The van der Waals surface area contributed by atoms with Crippen molar-refractivity contribution in [2.45, 2.75) is 25.0 Å². The maximum atomic E-state index is 12.9. The Hall–Kier alpha value is -2.17. The number of hydrogen-bond acceptors (Lipinski definition) is 3. The first-order chi connectivity index (χ1) is 12.2. The fourth-order valence-corrected chi connectivity index (χ4v) is 4.30. The van der Waals surface area contributed by atoms with Gasteiger partial charge in [-0.15, -0.1) is 0 Å². The number of nitrogens with zero attached hydrogens (tertiary/aromatic N) is 1. The SMILES string of the molecule is O=C(c1ccc2c(c1)Cc1ccccc1-2)N1CCC2(CC1)OCCO2. The number of rotatable bonds is 1. The van der Waals surface area contributed by atoms with E-state index in [1.807, 2.05) is 11.0 Å². The van der Waals surface area contributed by atoms with Gasteiger partial charge in [0.1, 0.15) is 0 Å². The van der Waals surface area contributed by atoms with Crippen LogP contribution in [0.3, 0.4) is 0 Å². The average molecular weight is 335 g/mol. The Labute approximate surface area is 147 Å². The molecule has 0 unspecified atom stereocenters. The number of fused-ring (bicyclic) bond motifs is 3. The topological polar surface area (TPSA) is 38.8 Å². The predicted molar refractivity (Wildman–Crippen MR) is 94.5 cm³/mol. The lowest BCUT2D eigenvalue weighted by atomic mass is 10.0. The smallest absolute Gasteiger partial charge is 0.253 e. The number of likely N-dealkylation sites (tertiary alicyclic amines) is 1. The molecule has 0 bridgehead atoms. The number of ether oxygens (including phenoxy) is 2. The lowest BCUT2D eigenvalue weighted by Gasteiger charge is -2.37. The molecule has 2 saturated heterocycles. The Bertz CT molecular complexity index is 829. The molecule has 2 aromatic rings. The van der Waals surface area contributed by atoms with E-state index in [0.29, 0.717) is 26.3 Å². The van der Waals surface area contributed by atoms with Crippen LogP contribution >= 0.6 is 0 Å². The normalized spacial score (nSPS) is 20.6. The van der Waals surface area contributed by atoms with Crippen molar-refractivity contribution >= 4 is 5.91 Å². The van der Waals surface area contributed by atoms with Crippen LogP contribution in [0.25, 0.3) is 11.1 Å². The molecule has 0 saturated carbocycles. The van der Waals surface area contributed by atoms with Crippen LogP contribution in [0.1, 0.15) is 34.3 Å². The highest BCUT2D eigenvalue weighted by molar-refractivity contribution is 5.95. The van der Waals surface area contributed by atoms with Crippen LogP contribution in [0.4, 0.5) is 0 Å². The van der Waals surface area contributed by atoms with E-state index in [9.17, 15) is 4.79 Å². The number of carbonyl (C=O) groups is 1. The summed E-state index contributed by atoms with van der Waals surface area (Å²) in [5.74, 6) is -0.317. The second-order valence-electron chi connectivity index (χ2n) is 7.11. The molecule has 0 N–H and O–H groups in total. The molecule has 2 aromatic carbocycles. The molecule has 25 heavy (non-hydrogen) atoms. The van der Waals surface area contributed by atoms with Gasteiger partial charge in [-0.05, 0) is 40.8 Å². The monoisotopic (exact) mass is 335 g/mol. The van der Waals surface area contributed by atoms with Crippen molar-refractivity contribution in [1.29, 1.82) is 0 Å². The lowest BCUT2D eigenvalue weighted by Crippen LogP contribution is -2.47. The molecule has 1 amide bonds. The van der Waals surface area contributed by atoms with Gasteiger partial charge in [-0.3, -0.25) is 4.79 Å². The van der Waals surface area contributed by atoms with Crippen LogP contribution in [0.2, 0.25) is 0 Å². The second kappa shape index (κ2) is 5.68. The third kappa shape index (κ3) is 2.48. The summed E-state index contributed by atoms with van der Waals surface area (Å²) in [7, 11) is 0. The molecular weight excluding hydrogens is 314 g/mol. The summed E-state index contributed by atoms with van der Waals surface area (Å²) < 4.78 is 11.5. The molecular formula is C21H21NO3. The van der Waals surface area contributed by atoms with E-state index in [0.717, 1.165) is 24.8 Å². The summed E-state index contributed by atoms with van der Waals surface area (Å²) >= 11 is 0.